The van der Waals surface area contributed by atoms with E-state index in [1.54, 1.807) is 12.1 Å². The van der Waals surface area contributed by atoms with Crippen molar-refractivity contribution < 1.29 is 42.4 Å². The molecule has 1 amide bonds. The Morgan fingerprint density at radius 3 is 2.01 bits per heavy atom. The number of nitro benzene ring substituents is 2. The van der Waals surface area contributed by atoms with E-state index in [0.29, 0.717) is 58.7 Å². The number of fused-ring (bicyclic) bond motifs is 1. The summed E-state index contributed by atoms with van der Waals surface area (Å²) in [6.07, 6.45) is 3.58. The molecule has 0 aromatic heterocycles. The van der Waals surface area contributed by atoms with E-state index in [-0.39, 0.29) is 51.3 Å². The van der Waals surface area contributed by atoms with Gasteiger partial charge in [0.2, 0.25) is 10.0 Å². The number of rotatable bonds is 23. The van der Waals surface area contributed by atoms with E-state index in [9.17, 15) is 38.5 Å². The first-order chi connectivity index (χ1) is 32.6. The Balaban J connectivity index is 0.000000310. The predicted octanol–water partition coefficient (Wildman–Crippen LogP) is 8.62. The highest BCUT2D eigenvalue weighted by Gasteiger charge is 2.44. The van der Waals surface area contributed by atoms with Gasteiger partial charge in [0.1, 0.15) is 6.10 Å². The number of carbonyl (C=O) groups excluding carboxylic acids is 1. The first-order valence-corrected chi connectivity index (χ1v) is 24.8. The molecule has 2 heterocycles. The minimum absolute atomic E-state index is 0.0141. The summed E-state index contributed by atoms with van der Waals surface area (Å²) in [7, 11) is -3.76. The van der Waals surface area contributed by atoms with Crippen LogP contribution < -0.4 is 10.6 Å². The van der Waals surface area contributed by atoms with Gasteiger partial charge in [0.25, 0.3) is 11.4 Å². The number of aryl methyl sites for hydroxylation is 1. The zero-order chi connectivity index (χ0) is 51.2. The second-order valence-electron chi connectivity index (χ2n) is 19.5. The number of ether oxygens (including phenoxy) is 3. The Morgan fingerprint density at radius 1 is 0.899 bits per heavy atom. The number of nitriles is 2. The maximum absolute atomic E-state index is 13.1. The maximum Gasteiger partial charge on any atom is 0.407 e. The number of carbonyl (C=O) groups is 1. The topological polar surface area (TPSA) is 260 Å². The lowest BCUT2D eigenvalue weighted by Crippen LogP contribution is -2.50. The summed E-state index contributed by atoms with van der Waals surface area (Å²) in [6.45, 7) is 16.7. The normalized spacial score (nSPS) is 17.5. The highest BCUT2D eigenvalue weighted by Crippen LogP contribution is 2.33. The number of unbranched alkanes of at least 4 members (excludes halogenated alkanes) is 2. The minimum Gasteiger partial charge on any atom is -0.443 e. The van der Waals surface area contributed by atoms with Crippen LogP contribution in [0.1, 0.15) is 97.6 Å². The van der Waals surface area contributed by atoms with Crippen LogP contribution in [0.2, 0.25) is 0 Å². The molecule has 0 radical (unpaired) electrons. The lowest BCUT2D eigenvalue weighted by atomic mass is 9.87. The molecule has 3 N–H and O–H groups in total. The van der Waals surface area contributed by atoms with Gasteiger partial charge in [-0.3, -0.25) is 20.2 Å². The van der Waals surface area contributed by atoms with Crippen LogP contribution >= 0.6 is 0 Å². The van der Waals surface area contributed by atoms with Gasteiger partial charge in [-0.2, -0.15) is 14.8 Å². The molecule has 0 unspecified atom stereocenters. The summed E-state index contributed by atoms with van der Waals surface area (Å²) in [5.41, 5.74) is 1.79. The van der Waals surface area contributed by atoms with Crippen LogP contribution in [-0.4, -0.2) is 97.7 Å². The average molecular weight is 978 g/mol. The third kappa shape index (κ3) is 20.5. The molecule has 3 aromatic carbocycles. The van der Waals surface area contributed by atoms with E-state index < -0.39 is 38.1 Å². The van der Waals surface area contributed by atoms with Gasteiger partial charge in [-0.05, 0) is 79.9 Å². The van der Waals surface area contributed by atoms with E-state index >= 15 is 0 Å². The number of amides is 1. The van der Waals surface area contributed by atoms with Gasteiger partial charge in [-0.1, -0.05) is 89.6 Å². The number of nitro groups is 2. The molecule has 0 saturated carbocycles. The Hall–Kier alpha value is -5.54. The van der Waals surface area contributed by atoms with E-state index in [4.69, 9.17) is 24.7 Å². The first kappa shape index (κ1) is 57.8. The van der Waals surface area contributed by atoms with E-state index in [2.05, 4.69) is 36.6 Å². The Kier molecular flexibility index (Phi) is 23.6. The molecular weight excluding hydrogens is 907 g/mol. The monoisotopic (exact) mass is 977 g/mol. The van der Waals surface area contributed by atoms with Gasteiger partial charge in [-0.15, -0.1) is 0 Å². The highest BCUT2D eigenvalue weighted by molar-refractivity contribution is 7.89. The minimum atomic E-state index is -3.76. The molecular formula is C50H71N7O11S. The quantitative estimate of drug-likeness (QED) is 0.0457. The number of alkyl carbamates (subject to hydrolysis) is 1. The van der Waals surface area contributed by atoms with Crippen LogP contribution in [0.3, 0.4) is 0 Å². The van der Waals surface area contributed by atoms with Gasteiger partial charge in [0.15, 0.2) is 6.29 Å². The number of hydrogen-bond acceptors (Lipinski definition) is 14. The fourth-order valence-electron chi connectivity index (χ4n) is 7.87. The van der Waals surface area contributed by atoms with Gasteiger partial charge in [0, 0.05) is 63.3 Å². The van der Waals surface area contributed by atoms with Crippen molar-refractivity contribution in [2.24, 2.45) is 22.7 Å². The Bertz CT molecular complexity index is 2250. The molecule has 2 aliphatic rings. The fourth-order valence-corrected chi connectivity index (χ4v) is 9.66. The lowest BCUT2D eigenvalue weighted by Gasteiger charge is -2.33. The number of hydrogen-bond donors (Lipinski definition) is 3. The molecule has 0 bridgehead atoms. The number of sulfonamides is 1. The summed E-state index contributed by atoms with van der Waals surface area (Å²) < 4.78 is 44.3. The average Bonchev–Trinajstić information content (AvgIpc) is 3.92. The zero-order valence-corrected chi connectivity index (χ0v) is 41.9. The van der Waals surface area contributed by atoms with Crippen LogP contribution in [0, 0.1) is 72.5 Å². The predicted molar refractivity (Wildman–Crippen MR) is 261 cm³/mol. The number of nitrogens with zero attached hydrogens (tertiary/aromatic N) is 5. The number of aliphatic hydroxyl groups excluding tert-OH is 1. The highest BCUT2D eigenvalue weighted by atomic mass is 32.2. The third-order valence-electron chi connectivity index (χ3n) is 11.7. The molecule has 5 atom stereocenters. The number of benzene rings is 3. The molecule has 2 saturated heterocycles. The van der Waals surface area contributed by atoms with Crippen LogP contribution in [0.5, 0.6) is 0 Å². The molecule has 2 aliphatic heterocycles. The van der Waals surface area contributed by atoms with E-state index in [1.165, 1.54) is 40.7 Å². The van der Waals surface area contributed by atoms with Crippen LogP contribution in [0.15, 0.2) is 83.8 Å². The summed E-state index contributed by atoms with van der Waals surface area (Å²) in [5.74, 6) is 0.205. The number of non-ortho nitro benzene ring substituents is 2. The van der Waals surface area contributed by atoms with Crippen molar-refractivity contribution in [1.29, 1.82) is 10.5 Å². The lowest BCUT2D eigenvalue weighted by molar-refractivity contribution is -0.385. The van der Waals surface area contributed by atoms with Crippen LogP contribution in [-0.2, 0) is 30.7 Å². The molecule has 378 valence electrons. The number of nitrogens with one attached hydrogen (secondary N) is 2. The zero-order valence-electron chi connectivity index (χ0n) is 41.0. The summed E-state index contributed by atoms with van der Waals surface area (Å²) >= 11 is 0. The molecule has 69 heavy (non-hydrogen) atoms. The second kappa shape index (κ2) is 28.2. The second-order valence-corrected chi connectivity index (χ2v) is 21.4. The standard InChI is InChI=1S/C25H37N3O5.C18H27N3O4S.C7H7NO2/c1-25(2,11-6-7-12-26)17-27-15-21(29)20(14-18-8-4-3-5-9-18)28-24(30)33-22-16-32-23-19(22)10-13-31-23;1-15(2)13-20(14-18(3,4)11-5-6-12-19)26(24,25)17-9-7-16(8-10-17)21(22)23;1-6-2-4-7(5-3-6)8(9)10/h3-5,8-9,19-23,27,29H,6-7,10-11,13-17H2,1-2H3,(H,28,30);7-10,15H,5-6,11,13-14H2,1-4H3;2-5H,1H3/t19-,20+,21-,22-,23+;;/m1../s1. The molecule has 3 aromatic rings. The molecule has 0 spiro atoms. The third-order valence-corrected chi connectivity index (χ3v) is 13.5. The maximum atomic E-state index is 13.1. The van der Waals surface area contributed by atoms with Crippen molar-refractivity contribution in [2.45, 2.75) is 129 Å². The molecule has 2 fully saturated rings. The molecule has 0 aliphatic carbocycles. The molecule has 5 rings (SSSR count). The van der Waals surface area contributed by atoms with Gasteiger partial charge >= 0.3 is 6.09 Å². The van der Waals surface area contributed by atoms with Crippen molar-refractivity contribution in [3.63, 3.8) is 0 Å². The largest absolute Gasteiger partial charge is 0.443 e. The molecule has 19 heteroatoms. The van der Waals surface area contributed by atoms with Crippen molar-refractivity contribution in [1.82, 2.24) is 14.9 Å². The van der Waals surface area contributed by atoms with Crippen LogP contribution in [0.4, 0.5) is 16.2 Å². The summed E-state index contributed by atoms with van der Waals surface area (Å²) in [5, 5.41) is 55.5. The van der Waals surface area contributed by atoms with E-state index in [1.807, 2.05) is 65.0 Å². The van der Waals surface area contributed by atoms with Crippen molar-refractivity contribution in [2.75, 3.05) is 39.4 Å². The fraction of sp³-hybridized carbons (Fsp3) is 0.580. The number of aliphatic hydroxyl groups is 1. The van der Waals surface area contributed by atoms with Crippen molar-refractivity contribution in [3.8, 4) is 12.1 Å². The SMILES string of the molecule is CC(C)(CCCC#N)CNC[C@@H](O)[C@H](Cc1ccccc1)NC(=O)O[C@@H]1CO[C@@H]2OCC[C@@H]21.CC(C)CN(CC(C)(C)CCCC#N)S(=O)(=O)c1ccc([N+](=O)[O-])cc1.Cc1ccc([N+](=O)[O-])cc1. The Labute approximate surface area is 407 Å². The van der Waals surface area contributed by atoms with Gasteiger partial charge in [0.05, 0.1) is 58.2 Å². The first-order valence-electron chi connectivity index (χ1n) is 23.4. The Morgan fingerprint density at radius 2 is 1.46 bits per heavy atom. The smallest absolute Gasteiger partial charge is 0.407 e. The van der Waals surface area contributed by atoms with Crippen molar-refractivity contribution in [3.05, 3.63) is 110 Å². The molecule has 18 nitrogen and oxygen atoms in total. The van der Waals surface area contributed by atoms with Gasteiger partial charge in [-0.25, -0.2) is 13.2 Å². The summed E-state index contributed by atoms with van der Waals surface area (Å²) in [4.78, 5) is 32.7. The van der Waals surface area contributed by atoms with Crippen LogP contribution in [0.25, 0.3) is 0 Å². The van der Waals surface area contributed by atoms with Crippen molar-refractivity contribution >= 4 is 27.5 Å². The summed E-state index contributed by atoms with van der Waals surface area (Å²) in [6, 6.07) is 25.0. The van der Waals surface area contributed by atoms with Gasteiger partial charge < -0.3 is 30.0 Å². The van der Waals surface area contributed by atoms with E-state index in [0.717, 1.165) is 43.2 Å².